The molecule has 0 radical (unpaired) electrons. The van der Waals surface area contributed by atoms with E-state index in [-0.39, 0.29) is 11.6 Å². The van der Waals surface area contributed by atoms with Crippen molar-refractivity contribution in [2.45, 2.75) is 6.92 Å². The van der Waals surface area contributed by atoms with Crippen molar-refractivity contribution in [2.24, 2.45) is 0 Å². The van der Waals surface area contributed by atoms with E-state index in [1.807, 2.05) is 19.1 Å². The molecule has 2 aromatic rings. The number of imide groups is 1. The summed E-state index contributed by atoms with van der Waals surface area (Å²) < 4.78 is 0. The summed E-state index contributed by atoms with van der Waals surface area (Å²) >= 11 is 6.15. The van der Waals surface area contributed by atoms with Gasteiger partial charge in [0.05, 0.1) is 16.4 Å². The highest BCUT2D eigenvalue weighted by Crippen LogP contribution is 2.27. The molecule has 0 bridgehead atoms. The fourth-order valence-electron chi connectivity index (χ4n) is 2.25. The van der Waals surface area contributed by atoms with Gasteiger partial charge in [0.15, 0.2) is 0 Å². The van der Waals surface area contributed by atoms with Crippen LogP contribution in [-0.4, -0.2) is 11.8 Å². The highest BCUT2D eigenvalue weighted by molar-refractivity contribution is 6.34. The average Bonchev–Trinajstić information content (AvgIpc) is 2.77. The molecule has 2 amide bonds. The number of para-hydroxylation sites is 1. The predicted octanol–water partition coefficient (Wildman–Crippen LogP) is 3.52. The normalized spacial score (nSPS) is 14.3. The molecular weight excluding hydrogens is 300 g/mol. The van der Waals surface area contributed by atoms with Crippen LogP contribution in [0.15, 0.2) is 60.3 Å². The number of benzene rings is 2. The Balaban J connectivity index is 1.86. The van der Waals surface area contributed by atoms with Gasteiger partial charge in [0, 0.05) is 6.08 Å². The van der Waals surface area contributed by atoms with E-state index < -0.39 is 5.91 Å². The number of carbonyl (C=O) groups excluding carboxylic acids is 2. The van der Waals surface area contributed by atoms with Gasteiger partial charge in [-0.25, -0.2) is 4.90 Å². The van der Waals surface area contributed by atoms with Crippen LogP contribution in [0.25, 0.3) is 0 Å². The van der Waals surface area contributed by atoms with Gasteiger partial charge in [-0.2, -0.15) is 0 Å². The number of rotatable bonds is 3. The van der Waals surface area contributed by atoms with E-state index in [9.17, 15) is 9.59 Å². The van der Waals surface area contributed by atoms with Gasteiger partial charge in [0.1, 0.15) is 5.70 Å². The van der Waals surface area contributed by atoms with Crippen LogP contribution >= 0.6 is 11.6 Å². The lowest BCUT2D eigenvalue weighted by molar-refractivity contribution is -0.120. The maximum Gasteiger partial charge on any atom is 0.281 e. The molecule has 3 rings (SSSR count). The average molecular weight is 313 g/mol. The van der Waals surface area contributed by atoms with Crippen molar-refractivity contribution >= 4 is 34.8 Å². The Morgan fingerprint density at radius 2 is 1.77 bits per heavy atom. The van der Waals surface area contributed by atoms with Crippen molar-refractivity contribution in [3.63, 3.8) is 0 Å². The smallest absolute Gasteiger partial charge is 0.281 e. The standard InChI is InChI=1S/C17H13ClN2O2/c1-11-7-8-14(13(18)9-11)19-15-10-16(21)20(17(15)22)12-5-3-2-4-6-12/h2-10,19H,1H3. The molecule has 1 aliphatic heterocycles. The number of nitrogens with one attached hydrogen (secondary N) is 1. The molecule has 1 aliphatic rings. The van der Waals surface area contributed by atoms with E-state index in [1.165, 1.54) is 6.08 Å². The lowest BCUT2D eigenvalue weighted by Crippen LogP contribution is -2.31. The minimum atomic E-state index is -0.396. The SMILES string of the molecule is Cc1ccc(NC2=CC(=O)N(c3ccccc3)C2=O)c(Cl)c1. The Kier molecular flexibility index (Phi) is 3.69. The lowest BCUT2D eigenvalue weighted by atomic mass is 10.2. The second kappa shape index (κ2) is 5.66. The fourth-order valence-corrected chi connectivity index (χ4v) is 2.53. The van der Waals surface area contributed by atoms with Crippen LogP contribution in [0.5, 0.6) is 0 Å². The van der Waals surface area contributed by atoms with E-state index in [4.69, 9.17) is 11.6 Å². The van der Waals surface area contributed by atoms with Crippen LogP contribution in [0.4, 0.5) is 11.4 Å². The monoisotopic (exact) mass is 312 g/mol. The summed E-state index contributed by atoms with van der Waals surface area (Å²) in [5.74, 6) is -0.769. The molecule has 0 atom stereocenters. The number of nitrogens with zero attached hydrogens (tertiary/aromatic N) is 1. The number of aryl methyl sites for hydroxylation is 1. The summed E-state index contributed by atoms with van der Waals surface area (Å²) in [5, 5.41) is 3.43. The summed E-state index contributed by atoms with van der Waals surface area (Å²) in [6.45, 7) is 1.93. The van der Waals surface area contributed by atoms with Crippen LogP contribution in [0.1, 0.15) is 5.56 Å². The summed E-state index contributed by atoms with van der Waals surface area (Å²) in [4.78, 5) is 25.6. The molecule has 1 heterocycles. The molecule has 0 saturated heterocycles. The second-order valence-corrected chi connectivity index (χ2v) is 5.39. The number of carbonyl (C=O) groups is 2. The largest absolute Gasteiger partial charge is 0.350 e. The first-order chi connectivity index (χ1) is 10.6. The van der Waals surface area contributed by atoms with E-state index in [2.05, 4.69) is 5.32 Å². The van der Waals surface area contributed by atoms with Gasteiger partial charge in [0.2, 0.25) is 0 Å². The van der Waals surface area contributed by atoms with E-state index in [1.54, 1.807) is 36.4 Å². The number of anilines is 2. The first-order valence-corrected chi connectivity index (χ1v) is 7.12. The van der Waals surface area contributed by atoms with Crippen LogP contribution < -0.4 is 10.2 Å². The Bertz CT molecular complexity index is 785. The van der Waals surface area contributed by atoms with Crippen molar-refractivity contribution < 1.29 is 9.59 Å². The van der Waals surface area contributed by atoms with E-state index in [0.717, 1.165) is 10.5 Å². The fraction of sp³-hybridized carbons (Fsp3) is 0.0588. The number of amides is 2. The van der Waals surface area contributed by atoms with Crippen molar-refractivity contribution in [3.05, 3.63) is 70.9 Å². The first kappa shape index (κ1) is 14.4. The number of hydrogen-bond donors (Lipinski definition) is 1. The molecule has 0 saturated carbocycles. The van der Waals surface area contributed by atoms with Gasteiger partial charge < -0.3 is 5.32 Å². The quantitative estimate of drug-likeness (QED) is 0.882. The maximum atomic E-state index is 12.4. The van der Waals surface area contributed by atoms with Gasteiger partial charge >= 0.3 is 0 Å². The third-order valence-corrected chi connectivity index (χ3v) is 3.64. The van der Waals surface area contributed by atoms with E-state index in [0.29, 0.717) is 16.4 Å². The summed E-state index contributed by atoms with van der Waals surface area (Å²) in [5.41, 5.74) is 2.36. The summed E-state index contributed by atoms with van der Waals surface area (Å²) in [7, 11) is 0. The van der Waals surface area contributed by atoms with Crippen LogP contribution in [0.3, 0.4) is 0 Å². The molecule has 22 heavy (non-hydrogen) atoms. The zero-order valence-corrected chi connectivity index (χ0v) is 12.6. The molecule has 5 heteroatoms. The van der Waals surface area contributed by atoms with Crippen molar-refractivity contribution in [1.82, 2.24) is 0 Å². The zero-order chi connectivity index (χ0) is 15.7. The highest BCUT2D eigenvalue weighted by Gasteiger charge is 2.32. The molecule has 0 aromatic heterocycles. The topological polar surface area (TPSA) is 49.4 Å². The Labute approximate surface area is 133 Å². The van der Waals surface area contributed by atoms with Crippen molar-refractivity contribution in [2.75, 3.05) is 10.2 Å². The van der Waals surface area contributed by atoms with Gasteiger partial charge in [-0.3, -0.25) is 9.59 Å². The first-order valence-electron chi connectivity index (χ1n) is 6.74. The summed E-state index contributed by atoms with van der Waals surface area (Å²) in [6.07, 6.45) is 1.28. The zero-order valence-electron chi connectivity index (χ0n) is 11.8. The van der Waals surface area contributed by atoms with Crippen LogP contribution in [0.2, 0.25) is 5.02 Å². The molecule has 2 aromatic carbocycles. The maximum absolute atomic E-state index is 12.4. The molecule has 0 spiro atoms. The third-order valence-electron chi connectivity index (χ3n) is 3.33. The molecule has 0 aliphatic carbocycles. The van der Waals surface area contributed by atoms with E-state index >= 15 is 0 Å². The summed E-state index contributed by atoms with van der Waals surface area (Å²) in [6, 6.07) is 14.3. The second-order valence-electron chi connectivity index (χ2n) is 4.98. The van der Waals surface area contributed by atoms with Gasteiger partial charge in [-0.1, -0.05) is 35.9 Å². The van der Waals surface area contributed by atoms with Crippen molar-refractivity contribution in [1.29, 1.82) is 0 Å². The van der Waals surface area contributed by atoms with Gasteiger partial charge in [-0.05, 0) is 36.8 Å². The predicted molar refractivity (Wildman–Crippen MR) is 86.8 cm³/mol. The van der Waals surface area contributed by atoms with Crippen molar-refractivity contribution in [3.8, 4) is 0 Å². The molecule has 4 nitrogen and oxygen atoms in total. The highest BCUT2D eigenvalue weighted by atomic mass is 35.5. The molecule has 110 valence electrons. The Morgan fingerprint density at radius 3 is 2.45 bits per heavy atom. The van der Waals surface area contributed by atoms with Crippen LogP contribution in [0, 0.1) is 6.92 Å². The number of halogens is 1. The Morgan fingerprint density at radius 1 is 1.05 bits per heavy atom. The third kappa shape index (κ3) is 2.61. The molecule has 0 fully saturated rings. The molecule has 0 unspecified atom stereocenters. The van der Waals surface area contributed by atoms with Gasteiger partial charge in [-0.15, -0.1) is 0 Å². The molecular formula is C17H13ClN2O2. The minimum absolute atomic E-state index is 0.208. The molecule has 1 N–H and O–H groups in total. The number of hydrogen-bond acceptors (Lipinski definition) is 3. The Hall–Kier alpha value is -2.59. The van der Waals surface area contributed by atoms with Gasteiger partial charge in [0.25, 0.3) is 11.8 Å². The lowest BCUT2D eigenvalue weighted by Gasteiger charge is -2.15. The minimum Gasteiger partial charge on any atom is -0.350 e. The van der Waals surface area contributed by atoms with Crippen LogP contribution in [-0.2, 0) is 9.59 Å².